The maximum Gasteiger partial charge on any atom is 0.340 e. The Balaban J connectivity index is 0.000000256. The van der Waals surface area contributed by atoms with Crippen LogP contribution in [0.1, 0.15) is 252 Å². The van der Waals surface area contributed by atoms with E-state index in [0.717, 1.165) is 5.56 Å². The summed E-state index contributed by atoms with van der Waals surface area (Å²) in [6.45, 7) is 103. The number of fused-ring (bicyclic) bond motifs is 3. The summed E-state index contributed by atoms with van der Waals surface area (Å²) in [5.41, 5.74) is 4.07. The molecule has 0 amide bonds. The molecule has 3 saturated heterocycles. The van der Waals surface area contributed by atoms with Crippen LogP contribution >= 0.6 is 34.8 Å². The number of aromatic nitrogens is 9. The Labute approximate surface area is 851 Å². The summed E-state index contributed by atoms with van der Waals surface area (Å²) >= 11 is 20.6. The van der Waals surface area contributed by atoms with Crippen molar-refractivity contribution in [3.05, 3.63) is 90.7 Å². The van der Waals surface area contributed by atoms with Gasteiger partial charge in [0.05, 0.1) is 97.3 Å². The molecule has 780 valence electrons. The third-order valence-electron chi connectivity index (χ3n) is 32.7. The van der Waals surface area contributed by atoms with Crippen molar-refractivity contribution in [3.63, 3.8) is 0 Å². The minimum Gasteiger partial charge on any atom is -0.465 e. The van der Waals surface area contributed by atoms with Crippen molar-refractivity contribution < 1.29 is 65.1 Å². The largest absolute Gasteiger partial charge is 0.465 e. The van der Waals surface area contributed by atoms with Crippen molar-refractivity contribution in [2.75, 3.05) is 41.9 Å². The highest BCUT2D eigenvalue weighted by Crippen LogP contribution is 2.51. The number of hydrogen-bond acceptors (Lipinski definition) is 24. The van der Waals surface area contributed by atoms with Crippen molar-refractivity contribution >= 4 is 172 Å². The Kier molecular flexibility index (Phi) is 36.7. The van der Waals surface area contributed by atoms with Gasteiger partial charge in [-0.15, -0.1) is 0 Å². The van der Waals surface area contributed by atoms with Crippen LogP contribution in [0.15, 0.2) is 42.9 Å². The lowest BCUT2D eigenvalue weighted by atomic mass is 10.2. The predicted octanol–water partition coefficient (Wildman–Crippen LogP) is 28.5. The molecule has 9 heterocycles. The molecule has 40 heteroatoms. The molecule has 0 spiro atoms. The molecule has 3 aliphatic heterocycles. The second kappa shape index (κ2) is 42.5. The van der Waals surface area contributed by atoms with E-state index in [2.05, 4.69) is 330 Å². The molecule has 138 heavy (non-hydrogen) atoms. The Morgan fingerprint density at radius 1 is 0.413 bits per heavy atom. The number of ether oxygens (including phenoxy) is 5. The van der Waals surface area contributed by atoms with Crippen LogP contribution in [0.2, 0.25) is 179 Å². The van der Waals surface area contributed by atoms with E-state index >= 15 is 0 Å². The number of aliphatic hydroxyl groups excluding tert-OH is 1. The number of halogens is 3. The molecule has 9 atom stereocenters. The zero-order chi connectivity index (χ0) is 105. The summed E-state index contributed by atoms with van der Waals surface area (Å²) in [4.78, 5) is 64.0. The van der Waals surface area contributed by atoms with Crippen molar-refractivity contribution in [3.8, 4) is 0 Å². The van der Waals surface area contributed by atoms with Gasteiger partial charge in [-0.3, -0.25) is 10.1 Å². The normalized spacial score (nSPS) is 20.5. The molecular weight excluding hydrogens is 1960 g/mol. The zero-order valence-corrected chi connectivity index (χ0v) is 104. The summed E-state index contributed by atoms with van der Waals surface area (Å²) in [6.07, 6.45) is 4.94. The van der Waals surface area contributed by atoms with E-state index in [1.165, 1.54) is 13.2 Å². The maximum absolute atomic E-state index is 13.0. The number of nitrogens with one attached hydrogen (secondary N) is 3. The SMILES string of the molecule is CC(C)(C)[Si](C)(C)Nc1nc(Cl)c2c(CO)cn([C@H]3C[C@@H](O[Si](C)(C)C(C)(C)C)[C@@H](CO[Si](C)(C)C(C)(C)C)O3)c2n1.CC(C)(C)[Si](C)(C)Nc1nc(Cl)c2c(COCc3ccccc3[N+](=O)[O-])cn([C@H]3C[C@@H](O[Si](C)(C)C(C)(C)C)[C@@H](CO[Si](C)(C)C(C)(C)C)O3)c2n1.COC(=O)c1cn([C@H]2C[C@@H](O[Si](C)(C)C(C)(C)C)[C@@H](CO[Si](C)(C)C(C)(C)C)O2)c2nc(N[Si](C)(C)C(C)(C)C)nc(Cl)c12. The van der Waals surface area contributed by atoms with E-state index < -0.39 is 98.0 Å². The Bertz CT molecular complexity index is 5400. The van der Waals surface area contributed by atoms with E-state index in [-0.39, 0.29) is 119 Å². The van der Waals surface area contributed by atoms with Crippen molar-refractivity contribution in [1.29, 1.82) is 0 Å². The van der Waals surface area contributed by atoms with Crippen LogP contribution in [0.5, 0.6) is 0 Å². The van der Waals surface area contributed by atoms with Gasteiger partial charge < -0.3 is 84.0 Å². The Morgan fingerprint density at radius 3 is 0.978 bits per heavy atom. The van der Waals surface area contributed by atoms with Crippen LogP contribution in [-0.2, 0) is 70.1 Å². The van der Waals surface area contributed by atoms with Gasteiger partial charge in [-0.05, 0) is 130 Å². The van der Waals surface area contributed by atoms with Crippen LogP contribution < -0.4 is 14.9 Å². The van der Waals surface area contributed by atoms with Gasteiger partial charge in [0.1, 0.15) is 69.4 Å². The van der Waals surface area contributed by atoms with E-state index in [0.29, 0.717) is 117 Å². The average molecular weight is 2140 g/mol. The van der Waals surface area contributed by atoms with E-state index in [9.17, 15) is 20.0 Å². The second-order valence-corrected chi connectivity index (χ2v) is 97.0. The van der Waals surface area contributed by atoms with Crippen LogP contribution in [0, 0.1) is 10.1 Å². The average Bonchev–Trinajstić information content (AvgIpc) is 1.61. The zero-order valence-electron chi connectivity index (χ0n) is 92.9. The molecule has 0 bridgehead atoms. The number of benzene rings is 1. The fourth-order valence-electron chi connectivity index (χ4n) is 13.9. The third kappa shape index (κ3) is 27.6. The standard InChI is InChI=1S/C37H62ClN5O6Si3.C31H57ClN4O5Si3.C30H57ClN4O4Si3/c1-35(2,3)50(10,11)41-34-39-32(38)31-26(23-46-22-25-18-16-17-19-27(25)43(44)45)21-42(33(31)40-34)30-20-28(49-52(14,15)37(7,8)9)29(48-30)24-47-51(12,13)36(4,5)6;1-29(2,3)42(11,12)35-28-33-25(32)24-20(27(37)38-10)18-36(26(24)34-28)23-17-21(41-44(15,16)31(7,8)9)22(40-23)19-39-43(13,14)30(4,5)6;1-28(2,3)40(10,11)34-27-32-25(31)24-20(18-36)17-35(26(24)33-27)23-16-21(39-42(14,15)30(7,8)9)22(38-23)19-37-41(12,13)29(4,5)6/h16-19,21,28-30H,20,22-24H2,1-15H3,(H,39,40,41);18,21-23H,17,19H2,1-16H3,(H,33,34,35);17,21-23,36H,16,18-19H2,1-15H3,(H,32,33,34)/t28-,29-,30-;2*21-,22-,23-/m111/s1. The molecule has 10 rings (SSSR count). The van der Waals surface area contributed by atoms with Crippen LogP contribution in [0.3, 0.4) is 0 Å². The van der Waals surface area contributed by atoms with Crippen LogP contribution in [-0.4, -0.2) is 198 Å². The van der Waals surface area contributed by atoms with Crippen molar-refractivity contribution in [2.24, 2.45) is 0 Å². The van der Waals surface area contributed by atoms with Crippen molar-refractivity contribution in [2.45, 2.75) is 445 Å². The number of para-hydroxylation sites is 1. The van der Waals surface area contributed by atoms with E-state index in [4.69, 9.17) is 105 Å². The molecule has 0 saturated carbocycles. The number of rotatable bonds is 31. The molecule has 0 radical (unpaired) electrons. The first-order valence-corrected chi connectivity index (χ1v) is 76.7. The molecule has 0 unspecified atom stereocenters. The number of nitrogens with zero attached hydrogens (tertiary/aromatic N) is 10. The summed E-state index contributed by atoms with van der Waals surface area (Å²) in [7, 11) is -17.3. The quantitative estimate of drug-likeness (QED) is 0.0103. The van der Waals surface area contributed by atoms with E-state index in [1.807, 2.05) is 26.1 Å². The lowest BCUT2D eigenvalue weighted by Crippen LogP contribution is -2.48. The first-order valence-electron chi connectivity index (χ1n) is 49.2. The molecule has 28 nitrogen and oxygen atoms in total. The summed E-state index contributed by atoms with van der Waals surface area (Å²) < 4.78 is 78.9. The Morgan fingerprint density at radius 2 is 0.688 bits per heavy atom. The monoisotopic (exact) mass is 2130 g/mol. The highest BCUT2D eigenvalue weighted by atomic mass is 35.5. The maximum atomic E-state index is 13.0. The van der Waals surface area contributed by atoms with Gasteiger partial charge in [-0.1, -0.05) is 273 Å². The highest BCUT2D eigenvalue weighted by Gasteiger charge is 2.53. The number of esters is 1. The minimum absolute atomic E-state index is 0.0134. The number of methoxy groups -OCH3 is 1. The summed E-state index contributed by atoms with van der Waals surface area (Å²) in [6, 6.07) is 6.61. The number of aliphatic hydroxyl groups is 1. The molecule has 6 aromatic heterocycles. The van der Waals surface area contributed by atoms with Gasteiger partial charge in [0, 0.05) is 55.0 Å². The summed E-state index contributed by atoms with van der Waals surface area (Å²) in [5.74, 6) is 0.914. The molecule has 7 aromatic rings. The second-order valence-electron chi connectivity index (χ2n) is 52.3. The first-order chi connectivity index (χ1) is 62.2. The molecular formula is C98H176Cl3N13O15Si9. The van der Waals surface area contributed by atoms with Crippen molar-refractivity contribution in [1.82, 2.24) is 43.6 Å². The molecule has 3 aliphatic rings. The predicted molar refractivity (Wildman–Crippen MR) is 590 cm³/mol. The van der Waals surface area contributed by atoms with Crippen LogP contribution in [0.4, 0.5) is 23.5 Å². The molecule has 3 fully saturated rings. The number of carbonyl (C=O) groups is 1. The minimum atomic E-state index is -2.18. The number of anilines is 3. The van der Waals surface area contributed by atoms with Gasteiger partial charge in [0.25, 0.3) is 5.69 Å². The number of nitro benzene ring substituents is 1. The summed E-state index contributed by atoms with van der Waals surface area (Å²) in [5, 5.41) is 25.0. The molecule has 1 aromatic carbocycles. The van der Waals surface area contributed by atoms with Gasteiger partial charge >= 0.3 is 5.97 Å². The fourth-order valence-corrected chi connectivity index (χ4v) is 25.0. The lowest BCUT2D eigenvalue weighted by molar-refractivity contribution is -0.386. The van der Waals surface area contributed by atoms with Crippen LogP contribution in [0.25, 0.3) is 33.1 Å². The fraction of sp³-hybridized carbons (Fsp3) is 0.745. The molecule has 4 N–H and O–H groups in total. The van der Waals surface area contributed by atoms with Gasteiger partial charge in [0.2, 0.25) is 17.8 Å². The third-order valence-corrected chi connectivity index (χ3v) is 74.3. The topological polar surface area (TPSA) is 310 Å². The van der Waals surface area contributed by atoms with Gasteiger partial charge in [-0.2, -0.15) is 15.0 Å². The number of nitro groups is 1. The smallest absolute Gasteiger partial charge is 0.340 e. The number of carbonyl (C=O) groups excluding carboxylic acids is 1. The lowest BCUT2D eigenvalue weighted by Gasteiger charge is -2.40. The Hall–Kier alpha value is -4.27. The molecule has 0 aliphatic carbocycles. The first kappa shape index (κ1) is 119. The van der Waals surface area contributed by atoms with E-state index in [1.54, 1.807) is 24.4 Å². The van der Waals surface area contributed by atoms with Gasteiger partial charge in [-0.25, -0.2) is 19.7 Å². The van der Waals surface area contributed by atoms with Gasteiger partial charge in [0.15, 0.2) is 74.6 Å². The highest BCUT2D eigenvalue weighted by molar-refractivity contribution is 6.84. The number of hydrogen-bond donors (Lipinski definition) is 4.